The van der Waals surface area contributed by atoms with Crippen LogP contribution in [0.5, 0.6) is 5.75 Å². The number of hydrogen-bond donors (Lipinski definition) is 1. The number of anilines is 2. The summed E-state index contributed by atoms with van der Waals surface area (Å²) >= 11 is 0. The van der Waals surface area contributed by atoms with E-state index in [1.165, 1.54) is 7.11 Å². The molecule has 1 aliphatic heterocycles. The van der Waals surface area contributed by atoms with E-state index in [0.29, 0.717) is 36.0 Å². The topological polar surface area (TPSA) is 75.7 Å². The molecule has 0 radical (unpaired) electrons. The van der Waals surface area contributed by atoms with E-state index in [1.54, 1.807) is 35.2 Å². The minimum absolute atomic E-state index is 0.0480. The predicted molar refractivity (Wildman–Crippen MR) is 106 cm³/mol. The van der Waals surface area contributed by atoms with Gasteiger partial charge in [0.2, 0.25) is 5.91 Å². The summed E-state index contributed by atoms with van der Waals surface area (Å²) < 4.78 is 33.3. The zero-order valence-corrected chi connectivity index (χ0v) is 16.5. The Hall–Kier alpha value is -2.54. The van der Waals surface area contributed by atoms with Gasteiger partial charge in [-0.05, 0) is 42.2 Å². The van der Waals surface area contributed by atoms with Gasteiger partial charge in [-0.25, -0.2) is 8.42 Å². The van der Waals surface area contributed by atoms with E-state index in [9.17, 15) is 13.2 Å². The largest absolute Gasteiger partial charge is 0.494 e. The van der Waals surface area contributed by atoms with Gasteiger partial charge in [0.1, 0.15) is 5.75 Å². The second kappa shape index (κ2) is 7.60. The molecule has 1 N–H and O–H groups in total. The number of sulfonamides is 1. The van der Waals surface area contributed by atoms with Gasteiger partial charge in [-0.1, -0.05) is 26.0 Å². The van der Waals surface area contributed by atoms with Crippen LogP contribution < -0.4 is 14.4 Å². The van der Waals surface area contributed by atoms with E-state index in [4.69, 9.17) is 4.74 Å². The standard InChI is InChI=1S/C20H24N2O4S/c1-14(2)15-6-9-17(10-7-15)27(24,25)21-16-8-11-18(19(13-16)26-3)22-12-4-5-20(22)23/h6-11,13-14,21H,4-5,12H2,1-3H3. The highest BCUT2D eigenvalue weighted by Crippen LogP contribution is 2.34. The van der Waals surface area contributed by atoms with E-state index >= 15 is 0 Å². The predicted octanol–water partition coefficient (Wildman–Crippen LogP) is 3.75. The molecule has 6 nitrogen and oxygen atoms in total. The first-order valence-electron chi connectivity index (χ1n) is 8.93. The molecule has 0 unspecified atom stereocenters. The minimum Gasteiger partial charge on any atom is -0.494 e. The maximum absolute atomic E-state index is 12.7. The van der Waals surface area contributed by atoms with Gasteiger partial charge in [0.15, 0.2) is 0 Å². The first kappa shape index (κ1) is 19.2. The third-order valence-corrected chi connectivity index (χ3v) is 6.05. The fourth-order valence-electron chi connectivity index (χ4n) is 3.11. The summed E-state index contributed by atoms with van der Waals surface area (Å²) in [6.07, 6.45) is 1.33. The number of benzene rings is 2. The molecule has 3 rings (SSSR count). The van der Waals surface area contributed by atoms with E-state index < -0.39 is 10.0 Å². The van der Waals surface area contributed by atoms with Gasteiger partial charge in [0, 0.05) is 19.0 Å². The number of ether oxygens (including phenoxy) is 1. The lowest BCUT2D eigenvalue weighted by atomic mass is 10.0. The number of carbonyl (C=O) groups is 1. The van der Waals surface area contributed by atoms with Crippen molar-refractivity contribution in [3.8, 4) is 5.75 Å². The lowest BCUT2D eigenvalue weighted by Crippen LogP contribution is -2.24. The molecular formula is C20H24N2O4S. The minimum atomic E-state index is -3.71. The van der Waals surface area contributed by atoms with Crippen LogP contribution in [0, 0.1) is 0 Å². The maximum atomic E-state index is 12.7. The second-order valence-corrected chi connectivity index (χ2v) is 8.55. The average Bonchev–Trinajstić information content (AvgIpc) is 3.07. The zero-order chi connectivity index (χ0) is 19.6. The summed E-state index contributed by atoms with van der Waals surface area (Å²) in [5.41, 5.74) is 2.12. The van der Waals surface area contributed by atoms with Gasteiger partial charge < -0.3 is 9.64 Å². The Labute approximate surface area is 160 Å². The second-order valence-electron chi connectivity index (χ2n) is 6.86. The highest BCUT2D eigenvalue weighted by molar-refractivity contribution is 7.92. The summed E-state index contributed by atoms with van der Waals surface area (Å²) in [5.74, 6) is 0.840. The van der Waals surface area contributed by atoms with Crippen LogP contribution in [-0.2, 0) is 14.8 Å². The molecule has 27 heavy (non-hydrogen) atoms. The molecule has 1 aliphatic rings. The number of methoxy groups -OCH3 is 1. The van der Waals surface area contributed by atoms with Crippen molar-refractivity contribution in [2.75, 3.05) is 23.3 Å². The van der Waals surface area contributed by atoms with Crippen LogP contribution in [0.25, 0.3) is 0 Å². The molecule has 0 bridgehead atoms. The number of rotatable bonds is 6. The van der Waals surface area contributed by atoms with Crippen molar-refractivity contribution in [3.05, 3.63) is 48.0 Å². The normalized spacial score (nSPS) is 14.7. The maximum Gasteiger partial charge on any atom is 0.261 e. The van der Waals surface area contributed by atoms with Crippen molar-refractivity contribution >= 4 is 27.3 Å². The molecule has 0 spiro atoms. The van der Waals surface area contributed by atoms with Crippen LogP contribution in [-0.4, -0.2) is 28.0 Å². The Morgan fingerprint density at radius 3 is 2.37 bits per heavy atom. The Morgan fingerprint density at radius 2 is 1.81 bits per heavy atom. The fourth-order valence-corrected chi connectivity index (χ4v) is 4.16. The molecule has 2 aromatic carbocycles. The molecule has 144 valence electrons. The number of carbonyl (C=O) groups excluding carboxylic acids is 1. The van der Waals surface area contributed by atoms with Crippen LogP contribution in [0.15, 0.2) is 47.4 Å². The molecule has 1 saturated heterocycles. The van der Waals surface area contributed by atoms with Gasteiger partial charge in [0.25, 0.3) is 10.0 Å². The van der Waals surface area contributed by atoms with Crippen molar-refractivity contribution in [1.29, 1.82) is 0 Å². The molecule has 1 heterocycles. The van der Waals surface area contributed by atoms with Crippen LogP contribution in [0.3, 0.4) is 0 Å². The highest BCUT2D eigenvalue weighted by atomic mass is 32.2. The lowest BCUT2D eigenvalue weighted by Gasteiger charge is -2.20. The molecule has 0 aliphatic carbocycles. The van der Waals surface area contributed by atoms with Gasteiger partial charge in [-0.2, -0.15) is 0 Å². The Morgan fingerprint density at radius 1 is 1.11 bits per heavy atom. The van der Waals surface area contributed by atoms with Crippen LogP contribution in [0.4, 0.5) is 11.4 Å². The number of nitrogens with zero attached hydrogens (tertiary/aromatic N) is 1. The van der Waals surface area contributed by atoms with Crippen molar-refractivity contribution in [1.82, 2.24) is 0 Å². The van der Waals surface area contributed by atoms with Crippen LogP contribution >= 0.6 is 0 Å². The zero-order valence-electron chi connectivity index (χ0n) is 15.7. The summed E-state index contributed by atoms with van der Waals surface area (Å²) in [4.78, 5) is 13.8. The van der Waals surface area contributed by atoms with Gasteiger partial charge >= 0.3 is 0 Å². The van der Waals surface area contributed by atoms with E-state index in [2.05, 4.69) is 18.6 Å². The molecule has 2 aromatic rings. The first-order valence-corrected chi connectivity index (χ1v) is 10.4. The Bertz CT molecular complexity index is 937. The van der Waals surface area contributed by atoms with Gasteiger partial charge in [-0.3, -0.25) is 9.52 Å². The quantitative estimate of drug-likeness (QED) is 0.818. The van der Waals surface area contributed by atoms with Gasteiger partial charge in [-0.15, -0.1) is 0 Å². The van der Waals surface area contributed by atoms with Crippen molar-refractivity contribution in [2.24, 2.45) is 0 Å². The molecule has 1 fully saturated rings. The molecule has 0 atom stereocenters. The summed E-state index contributed by atoms with van der Waals surface area (Å²) in [7, 11) is -2.21. The highest BCUT2D eigenvalue weighted by Gasteiger charge is 2.25. The SMILES string of the molecule is COc1cc(NS(=O)(=O)c2ccc(C(C)C)cc2)ccc1N1CCCC1=O. The molecule has 1 amide bonds. The number of hydrogen-bond acceptors (Lipinski definition) is 4. The number of amides is 1. The van der Waals surface area contributed by atoms with E-state index in [-0.39, 0.29) is 10.8 Å². The third-order valence-electron chi connectivity index (χ3n) is 4.65. The molecule has 7 heteroatoms. The molecule has 0 aromatic heterocycles. The van der Waals surface area contributed by atoms with E-state index in [0.717, 1.165) is 12.0 Å². The van der Waals surface area contributed by atoms with E-state index in [1.807, 2.05) is 12.1 Å². The molecule has 0 saturated carbocycles. The number of nitrogens with one attached hydrogen (secondary N) is 1. The molecular weight excluding hydrogens is 364 g/mol. The summed E-state index contributed by atoms with van der Waals surface area (Å²) in [6.45, 7) is 4.75. The van der Waals surface area contributed by atoms with Crippen molar-refractivity contribution in [2.45, 2.75) is 37.5 Å². The van der Waals surface area contributed by atoms with Crippen LogP contribution in [0.1, 0.15) is 38.2 Å². The Balaban J connectivity index is 1.85. The van der Waals surface area contributed by atoms with Crippen molar-refractivity contribution in [3.63, 3.8) is 0 Å². The van der Waals surface area contributed by atoms with Crippen molar-refractivity contribution < 1.29 is 17.9 Å². The smallest absolute Gasteiger partial charge is 0.261 e. The Kier molecular flexibility index (Phi) is 5.41. The first-order chi connectivity index (χ1) is 12.8. The van der Waals surface area contributed by atoms with Gasteiger partial charge in [0.05, 0.1) is 23.4 Å². The average molecular weight is 388 g/mol. The fraction of sp³-hybridized carbons (Fsp3) is 0.350. The third kappa shape index (κ3) is 4.08. The monoisotopic (exact) mass is 388 g/mol. The summed E-state index contributed by atoms with van der Waals surface area (Å²) in [6, 6.07) is 11.8. The summed E-state index contributed by atoms with van der Waals surface area (Å²) in [5, 5.41) is 0. The van der Waals surface area contributed by atoms with Crippen LogP contribution in [0.2, 0.25) is 0 Å². The lowest BCUT2D eigenvalue weighted by molar-refractivity contribution is -0.117.